The van der Waals surface area contributed by atoms with Gasteiger partial charge in [-0.15, -0.1) is 0 Å². The molecule has 0 bridgehead atoms. The summed E-state index contributed by atoms with van der Waals surface area (Å²) in [5.74, 6) is 0. The minimum Gasteiger partial charge on any atom is -0.395 e. The van der Waals surface area contributed by atoms with E-state index in [4.69, 9.17) is 22.0 Å². The number of benzene rings is 1. The Kier molecular flexibility index (Phi) is 4.48. The van der Waals surface area contributed by atoms with Crippen LogP contribution >= 0.6 is 11.6 Å². The van der Waals surface area contributed by atoms with E-state index in [-0.39, 0.29) is 28.6 Å². The Bertz CT molecular complexity index is 551. The normalized spacial score (nSPS) is 11.5. The molecular weight excluding hydrogens is 264 g/mol. The Morgan fingerprint density at radius 3 is 2.71 bits per heavy atom. The lowest BCUT2D eigenvalue weighted by molar-refractivity contribution is 0.266. The van der Waals surface area contributed by atoms with Crippen molar-refractivity contribution in [1.82, 2.24) is 4.31 Å². The maximum Gasteiger partial charge on any atom is 0.244 e. The largest absolute Gasteiger partial charge is 0.395 e. The molecule has 1 aromatic rings. The molecule has 5 nitrogen and oxygen atoms in total. The summed E-state index contributed by atoms with van der Waals surface area (Å²) in [6.45, 7) is -0.319. The fourth-order valence-electron chi connectivity index (χ4n) is 1.20. The highest BCUT2D eigenvalue weighted by atomic mass is 35.5. The SMILES string of the molecule is CN(CCO)S(=O)(=O)c1cc(C#N)ccc1Cl. The molecule has 1 rings (SSSR count). The predicted molar refractivity (Wildman–Crippen MR) is 63.1 cm³/mol. The number of aliphatic hydroxyl groups is 1. The van der Waals surface area contributed by atoms with E-state index in [0.29, 0.717) is 0 Å². The average Bonchev–Trinajstić information content (AvgIpc) is 2.29. The number of hydrogen-bond acceptors (Lipinski definition) is 4. The van der Waals surface area contributed by atoms with Gasteiger partial charge in [0.25, 0.3) is 0 Å². The molecule has 0 saturated carbocycles. The summed E-state index contributed by atoms with van der Waals surface area (Å²) in [6.07, 6.45) is 0. The van der Waals surface area contributed by atoms with Gasteiger partial charge >= 0.3 is 0 Å². The third-order valence-electron chi connectivity index (χ3n) is 2.16. The monoisotopic (exact) mass is 274 g/mol. The van der Waals surface area contributed by atoms with Crippen molar-refractivity contribution in [1.29, 1.82) is 5.26 Å². The van der Waals surface area contributed by atoms with E-state index in [2.05, 4.69) is 0 Å². The van der Waals surface area contributed by atoms with Crippen molar-refractivity contribution >= 4 is 21.6 Å². The number of nitriles is 1. The van der Waals surface area contributed by atoms with Crippen LogP contribution in [0, 0.1) is 11.3 Å². The molecule has 92 valence electrons. The average molecular weight is 275 g/mol. The first-order valence-electron chi connectivity index (χ1n) is 4.70. The van der Waals surface area contributed by atoms with Crippen molar-refractivity contribution in [2.75, 3.05) is 20.2 Å². The summed E-state index contributed by atoms with van der Waals surface area (Å²) < 4.78 is 25.0. The quantitative estimate of drug-likeness (QED) is 0.881. The lowest BCUT2D eigenvalue weighted by Crippen LogP contribution is -2.29. The lowest BCUT2D eigenvalue weighted by atomic mass is 10.2. The van der Waals surface area contributed by atoms with Gasteiger partial charge in [-0.25, -0.2) is 8.42 Å². The molecule has 0 aromatic heterocycles. The maximum absolute atomic E-state index is 12.0. The molecule has 0 aliphatic carbocycles. The van der Waals surface area contributed by atoms with Crippen LogP contribution in [0.25, 0.3) is 0 Å². The molecule has 7 heteroatoms. The number of aliphatic hydroxyl groups excluding tert-OH is 1. The maximum atomic E-state index is 12.0. The van der Waals surface area contributed by atoms with Gasteiger partial charge in [0.15, 0.2) is 0 Å². The zero-order valence-electron chi connectivity index (χ0n) is 9.09. The second-order valence-corrected chi connectivity index (χ2v) is 5.73. The molecule has 0 aliphatic rings. The van der Waals surface area contributed by atoms with Gasteiger partial charge in [-0.3, -0.25) is 0 Å². The van der Waals surface area contributed by atoms with Crippen LogP contribution in [0.5, 0.6) is 0 Å². The van der Waals surface area contributed by atoms with E-state index in [9.17, 15) is 8.42 Å². The standard InChI is InChI=1S/C10H11ClN2O3S/c1-13(4-5-14)17(15,16)10-6-8(7-12)2-3-9(10)11/h2-3,6,14H,4-5H2,1H3. The minimum absolute atomic E-state index is 0.0323. The van der Waals surface area contributed by atoms with Gasteiger partial charge in [-0.1, -0.05) is 11.6 Å². The molecule has 0 unspecified atom stereocenters. The summed E-state index contributed by atoms with van der Waals surface area (Å²) in [7, 11) is -2.44. The fraction of sp³-hybridized carbons (Fsp3) is 0.300. The van der Waals surface area contributed by atoms with E-state index >= 15 is 0 Å². The summed E-state index contributed by atoms with van der Waals surface area (Å²) in [5, 5.41) is 17.5. The van der Waals surface area contributed by atoms with E-state index in [0.717, 1.165) is 4.31 Å². The Morgan fingerprint density at radius 1 is 1.53 bits per heavy atom. The van der Waals surface area contributed by atoms with E-state index in [1.165, 1.54) is 25.2 Å². The molecule has 0 amide bonds. The first kappa shape index (κ1) is 13.9. The van der Waals surface area contributed by atoms with Gasteiger partial charge in [0.2, 0.25) is 10.0 Å². The Morgan fingerprint density at radius 2 is 2.18 bits per heavy atom. The van der Waals surface area contributed by atoms with E-state index in [1.807, 2.05) is 6.07 Å². The number of hydrogen-bond donors (Lipinski definition) is 1. The molecule has 1 aromatic carbocycles. The zero-order valence-corrected chi connectivity index (χ0v) is 10.7. The van der Waals surface area contributed by atoms with Gasteiger partial charge < -0.3 is 5.11 Å². The highest BCUT2D eigenvalue weighted by Crippen LogP contribution is 2.24. The summed E-state index contributed by atoms with van der Waals surface area (Å²) in [5.41, 5.74) is 0.213. The second kappa shape index (κ2) is 5.47. The van der Waals surface area contributed by atoms with Crippen LogP contribution in [-0.4, -0.2) is 38.0 Å². The van der Waals surface area contributed by atoms with Crippen molar-refractivity contribution in [3.63, 3.8) is 0 Å². The Hall–Kier alpha value is -1.13. The lowest BCUT2D eigenvalue weighted by Gasteiger charge is -2.16. The summed E-state index contributed by atoms with van der Waals surface area (Å²) in [6, 6.07) is 5.86. The van der Waals surface area contributed by atoms with Crippen molar-refractivity contribution in [3.05, 3.63) is 28.8 Å². The molecule has 0 radical (unpaired) electrons. The van der Waals surface area contributed by atoms with E-state index in [1.54, 1.807) is 0 Å². The summed E-state index contributed by atoms with van der Waals surface area (Å²) in [4.78, 5) is -0.130. The van der Waals surface area contributed by atoms with Crippen LogP contribution in [0.4, 0.5) is 0 Å². The van der Waals surface area contributed by atoms with Gasteiger partial charge in [0.1, 0.15) is 4.90 Å². The van der Waals surface area contributed by atoms with Crippen LogP contribution in [-0.2, 0) is 10.0 Å². The van der Waals surface area contributed by atoms with Crippen LogP contribution in [0.2, 0.25) is 5.02 Å². The molecular formula is C10H11ClN2O3S. The number of halogens is 1. The fourth-order valence-corrected chi connectivity index (χ4v) is 2.86. The molecule has 0 atom stereocenters. The Balaban J connectivity index is 3.28. The van der Waals surface area contributed by atoms with Crippen LogP contribution in [0.15, 0.2) is 23.1 Å². The van der Waals surface area contributed by atoms with Crippen LogP contribution in [0.3, 0.4) is 0 Å². The third kappa shape index (κ3) is 2.96. The van der Waals surface area contributed by atoms with Crippen molar-refractivity contribution in [2.45, 2.75) is 4.90 Å². The van der Waals surface area contributed by atoms with Gasteiger partial charge in [0.05, 0.1) is 23.3 Å². The number of nitrogens with zero attached hydrogens (tertiary/aromatic N) is 2. The van der Waals surface area contributed by atoms with Crippen molar-refractivity contribution in [2.24, 2.45) is 0 Å². The smallest absolute Gasteiger partial charge is 0.244 e. The number of rotatable bonds is 4. The van der Waals surface area contributed by atoms with Crippen LogP contribution < -0.4 is 0 Å². The van der Waals surface area contributed by atoms with Gasteiger partial charge in [-0.2, -0.15) is 9.57 Å². The Labute approximate surface area is 105 Å². The predicted octanol–water partition coefficient (Wildman–Crippen LogP) is 0.824. The minimum atomic E-state index is -3.77. The van der Waals surface area contributed by atoms with Crippen molar-refractivity contribution in [3.8, 4) is 6.07 Å². The van der Waals surface area contributed by atoms with Crippen molar-refractivity contribution < 1.29 is 13.5 Å². The zero-order chi connectivity index (χ0) is 13.1. The molecule has 0 spiro atoms. The highest BCUT2D eigenvalue weighted by molar-refractivity contribution is 7.89. The highest BCUT2D eigenvalue weighted by Gasteiger charge is 2.23. The molecule has 0 aliphatic heterocycles. The summed E-state index contributed by atoms with van der Waals surface area (Å²) >= 11 is 5.80. The molecule has 0 heterocycles. The third-order valence-corrected chi connectivity index (χ3v) is 4.50. The first-order chi connectivity index (χ1) is 7.93. The topological polar surface area (TPSA) is 81.4 Å². The first-order valence-corrected chi connectivity index (χ1v) is 6.52. The molecule has 17 heavy (non-hydrogen) atoms. The van der Waals surface area contributed by atoms with Gasteiger partial charge in [0, 0.05) is 13.6 Å². The second-order valence-electron chi connectivity index (χ2n) is 3.31. The molecule has 1 N–H and O–H groups in total. The van der Waals surface area contributed by atoms with Gasteiger partial charge in [-0.05, 0) is 18.2 Å². The van der Waals surface area contributed by atoms with E-state index < -0.39 is 10.0 Å². The molecule has 0 saturated heterocycles. The van der Waals surface area contributed by atoms with Crippen LogP contribution in [0.1, 0.15) is 5.56 Å². The number of likely N-dealkylation sites (N-methyl/N-ethyl adjacent to an activating group) is 1. The number of sulfonamides is 1. The molecule has 0 fully saturated rings.